The van der Waals surface area contributed by atoms with Crippen molar-refractivity contribution in [1.82, 2.24) is 10.1 Å². The number of hydrogen-bond donors (Lipinski definition) is 2. The first-order chi connectivity index (χ1) is 9.92. The van der Waals surface area contributed by atoms with Crippen LogP contribution in [-0.4, -0.2) is 30.3 Å². The van der Waals surface area contributed by atoms with Crippen LogP contribution >= 0.6 is 11.6 Å². The van der Waals surface area contributed by atoms with Gasteiger partial charge in [0.2, 0.25) is 0 Å². The van der Waals surface area contributed by atoms with Crippen LogP contribution in [0.15, 0.2) is 27.6 Å². The number of benzene rings is 1. The molecule has 0 radical (unpaired) electrons. The number of nitrogens with one attached hydrogen (secondary N) is 1. The van der Waals surface area contributed by atoms with Crippen LogP contribution in [0.2, 0.25) is 5.02 Å². The summed E-state index contributed by atoms with van der Waals surface area (Å²) in [6, 6.07) is 3.92. The number of sulfonamides is 1. The number of anilines is 1. The predicted molar refractivity (Wildman–Crippen MR) is 75.3 cm³/mol. The van der Waals surface area contributed by atoms with Crippen molar-refractivity contribution >= 4 is 27.6 Å². The minimum atomic E-state index is -3.94. The summed E-state index contributed by atoms with van der Waals surface area (Å²) in [6.45, 7) is 1.26. The third-order valence-electron chi connectivity index (χ3n) is 2.28. The molecule has 9 heteroatoms. The molecule has 0 unspecified atom stereocenters. The molecule has 21 heavy (non-hydrogen) atoms. The molecule has 0 aliphatic heterocycles. The molecule has 0 spiro atoms. The third kappa shape index (κ3) is 3.72. The van der Waals surface area contributed by atoms with Crippen molar-refractivity contribution < 1.29 is 18.0 Å². The van der Waals surface area contributed by atoms with Gasteiger partial charge in [-0.15, -0.1) is 0 Å². The summed E-state index contributed by atoms with van der Waals surface area (Å²) in [6.07, 6.45) is 0. The van der Waals surface area contributed by atoms with Crippen molar-refractivity contribution in [3.05, 3.63) is 34.6 Å². The average Bonchev–Trinajstić information content (AvgIpc) is 2.80. The molecule has 1 aromatic heterocycles. The molecular weight excluding hydrogens is 318 g/mol. The van der Waals surface area contributed by atoms with Gasteiger partial charge in [0.25, 0.3) is 10.0 Å². The van der Waals surface area contributed by atoms with Crippen LogP contribution in [0, 0.1) is 18.8 Å². The second kappa shape index (κ2) is 6.13. The minimum absolute atomic E-state index is 0.0107. The monoisotopic (exact) mass is 327 g/mol. The zero-order valence-corrected chi connectivity index (χ0v) is 12.4. The lowest BCUT2D eigenvalue weighted by Gasteiger charge is -2.06. The zero-order chi connectivity index (χ0) is 15.5. The Morgan fingerprint density at radius 1 is 1.48 bits per heavy atom. The number of aliphatic hydroxyl groups excluding tert-OH is 1. The van der Waals surface area contributed by atoms with Crippen LogP contribution in [-0.2, 0) is 10.0 Å². The highest BCUT2D eigenvalue weighted by Gasteiger charge is 2.20. The third-order valence-corrected chi connectivity index (χ3v) is 4.09. The molecule has 2 rings (SSSR count). The molecule has 0 saturated heterocycles. The second-order valence-electron chi connectivity index (χ2n) is 3.86. The van der Waals surface area contributed by atoms with Gasteiger partial charge in [0.1, 0.15) is 11.5 Å². The van der Waals surface area contributed by atoms with E-state index in [-0.39, 0.29) is 22.5 Å². The fourth-order valence-corrected chi connectivity index (χ4v) is 2.92. The number of hydrogen-bond acceptors (Lipinski definition) is 6. The van der Waals surface area contributed by atoms with Gasteiger partial charge < -0.3 is 9.63 Å². The number of aromatic nitrogens is 2. The van der Waals surface area contributed by atoms with Crippen LogP contribution < -0.4 is 4.72 Å². The lowest BCUT2D eigenvalue weighted by Crippen LogP contribution is -2.13. The maximum Gasteiger partial charge on any atom is 0.335 e. The molecule has 0 aliphatic rings. The fraction of sp³-hybridized carbons (Fsp3) is 0.167. The second-order valence-corrected chi connectivity index (χ2v) is 5.92. The Morgan fingerprint density at radius 2 is 2.24 bits per heavy atom. The first kappa shape index (κ1) is 15.3. The van der Waals surface area contributed by atoms with Crippen LogP contribution in [0.4, 0.5) is 6.01 Å². The summed E-state index contributed by atoms with van der Waals surface area (Å²) in [4.78, 5) is 3.60. The summed E-state index contributed by atoms with van der Waals surface area (Å²) >= 11 is 5.95. The summed E-state index contributed by atoms with van der Waals surface area (Å²) in [5, 5.41) is 12.1. The Kier molecular flexibility index (Phi) is 4.47. The molecule has 2 N–H and O–H groups in total. The predicted octanol–water partition coefficient (Wildman–Crippen LogP) is 1.18. The molecule has 0 fully saturated rings. The van der Waals surface area contributed by atoms with E-state index >= 15 is 0 Å². The standard InChI is InChI=1S/C12H10ClN3O4S/c1-8-14-12(20-15-8)16-21(18,19)11-5-4-9(3-2-6-17)7-10(11)13/h4-5,7,17H,6H2,1H3,(H,14,15,16). The van der Waals surface area contributed by atoms with E-state index in [1.807, 2.05) is 0 Å². The molecular formula is C12H10ClN3O4S. The first-order valence-corrected chi connectivity index (χ1v) is 7.51. The molecule has 0 saturated carbocycles. The van der Waals surface area contributed by atoms with E-state index in [2.05, 4.69) is 26.7 Å². The molecule has 7 nitrogen and oxygen atoms in total. The topological polar surface area (TPSA) is 105 Å². The van der Waals surface area contributed by atoms with Crippen LogP contribution in [0.1, 0.15) is 11.4 Å². The van der Waals surface area contributed by atoms with E-state index in [9.17, 15) is 8.42 Å². The van der Waals surface area contributed by atoms with Gasteiger partial charge in [-0.25, -0.2) is 13.1 Å². The minimum Gasteiger partial charge on any atom is -0.384 e. The molecule has 1 aromatic carbocycles. The molecule has 0 atom stereocenters. The molecule has 110 valence electrons. The number of aliphatic hydroxyl groups is 1. The van der Waals surface area contributed by atoms with E-state index in [1.165, 1.54) is 18.2 Å². The maximum absolute atomic E-state index is 12.2. The van der Waals surface area contributed by atoms with Gasteiger partial charge in [0.05, 0.1) is 5.02 Å². The van der Waals surface area contributed by atoms with Gasteiger partial charge in [0, 0.05) is 5.56 Å². The van der Waals surface area contributed by atoms with E-state index in [4.69, 9.17) is 21.2 Å². The van der Waals surface area contributed by atoms with Gasteiger partial charge in [-0.2, -0.15) is 4.98 Å². The number of aryl methyl sites for hydroxylation is 1. The molecule has 0 aliphatic carbocycles. The highest BCUT2D eigenvalue weighted by molar-refractivity contribution is 7.92. The summed E-state index contributed by atoms with van der Waals surface area (Å²) in [7, 11) is -3.94. The molecule has 2 aromatic rings. The highest BCUT2D eigenvalue weighted by Crippen LogP contribution is 2.24. The largest absolute Gasteiger partial charge is 0.384 e. The van der Waals surface area contributed by atoms with Crippen molar-refractivity contribution in [3.63, 3.8) is 0 Å². The van der Waals surface area contributed by atoms with Crippen LogP contribution in [0.25, 0.3) is 0 Å². The van der Waals surface area contributed by atoms with Crippen LogP contribution in [0.5, 0.6) is 0 Å². The van der Waals surface area contributed by atoms with Gasteiger partial charge in [0.15, 0.2) is 5.82 Å². The maximum atomic E-state index is 12.2. The average molecular weight is 328 g/mol. The smallest absolute Gasteiger partial charge is 0.335 e. The van der Waals surface area contributed by atoms with Crippen molar-refractivity contribution in [1.29, 1.82) is 0 Å². The molecule has 1 heterocycles. The quantitative estimate of drug-likeness (QED) is 0.820. The number of rotatable bonds is 3. The van der Waals surface area contributed by atoms with Crippen molar-refractivity contribution in [2.24, 2.45) is 0 Å². The summed E-state index contributed by atoms with van der Waals surface area (Å²) < 4.78 is 31.1. The van der Waals surface area contributed by atoms with Gasteiger partial charge in [-0.1, -0.05) is 28.6 Å². The van der Waals surface area contributed by atoms with Crippen molar-refractivity contribution in [2.75, 3.05) is 11.3 Å². The van der Waals surface area contributed by atoms with E-state index in [1.54, 1.807) is 6.92 Å². The molecule has 0 amide bonds. The van der Waals surface area contributed by atoms with E-state index < -0.39 is 10.0 Å². The number of halogens is 1. The normalized spacial score (nSPS) is 10.8. The Labute approximate surface area is 126 Å². The Morgan fingerprint density at radius 3 is 2.81 bits per heavy atom. The SMILES string of the molecule is Cc1noc(NS(=O)(=O)c2ccc(C#CCO)cc2Cl)n1. The van der Waals surface area contributed by atoms with Gasteiger partial charge in [-0.05, 0) is 25.1 Å². The van der Waals surface area contributed by atoms with Gasteiger partial charge >= 0.3 is 6.01 Å². The fourth-order valence-electron chi connectivity index (χ4n) is 1.45. The lowest BCUT2D eigenvalue weighted by atomic mass is 10.2. The Balaban J connectivity index is 2.32. The number of nitrogens with zero attached hydrogens (tertiary/aromatic N) is 2. The Hall–Kier alpha value is -2.08. The molecule has 0 bridgehead atoms. The summed E-state index contributed by atoms with van der Waals surface area (Å²) in [5.74, 6) is 5.37. The Bertz CT molecular complexity index is 821. The van der Waals surface area contributed by atoms with E-state index in [0.29, 0.717) is 11.4 Å². The zero-order valence-electron chi connectivity index (χ0n) is 10.8. The van der Waals surface area contributed by atoms with E-state index in [0.717, 1.165) is 0 Å². The van der Waals surface area contributed by atoms with Gasteiger partial charge in [-0.3, -0.25) is 0 Å². The first-order valence-electron chi connectivity index (χ1n) is 5.65. The van der Waals surface area contributed by atoms with Crippen molar-refractivity contribution in [2.45, 2.75) is 11.8 Å². The lowest BCUT2D eigenvalue weighted by molar-refractivity contribution is 0.350. The van der Waals surface area contributed by atoms with Crippen molar-refractivity contribution in [3.8, 4) is 11.8 Å². The summed E-state index contributed by atoms with van der Waals surface area (Å²) in [5.41, 5.74) is 0.488. The highest BCUT2D eigenvalue weighted by atomic mass is 35.5. The van der Waals surface area contributed by atoms with Crippen LogP contribution in [0.3, 0.4) is 0 Å².